The lowest BCUT2D eigenvalue weighted by molar-refractivity contribution is 0.282. The monoisotopic (exact) mass is 163 g/mol. The molecule has 0 bridgehead atoms. The summed E-state index contributed by atoms with van der Waals surface area (Å²) in [7, 11) is 0. The van der Waals surface area contributed by atoms with Gasteiger partial charge in [-0.05, 0) is 30.0 Å². The van der Waals surface area contributed by atoms with Crippen LogP contribution in [-0.2, 0) is 13.0 Å². The average Bonchev–Trinajstić information content (AvgIpc) is 2.17. The second-order valence-corrected chi connectivity index (χ2v) is 3.18. The van der Waals surface area contributed by atoms with Gasteiger partial charge in [0.1, 0.15) is 0 Å². The average molecular weight is 163 g/mol. The van der Waals surface area contributed by atoms with Crippen LogP contribution in [0.2, 0.25) is 0 Å². The van der Waals surface area contributed by atoms with E-state index in [9.17, 15) is 0 Å². The van der Waals surface area contributed by atoms with Crippen molar-refractivity contribution in [2.75, 3.05) is 11.9 Å². The predicted octanol–water partition coefficient (Wildman–Crippen LogP) is 1.54. The summed E-state index contributed by atoms with van der Waals surface area (Å²) in [5, 5.41) is 12.2. The Bertz CT molecular complexity index is 283. The fraction of sp³-hybridized carbons (Fsp3) is 0.400. The molecule has 0 spiro atoms. The highest BCUT2D eigenvalue weighted by Gasteiger charge is 2.07. The molecule has 0 fully saturated rings. The second kappa shape index (κ2) is 3.15. The molecule has 0 unspecified atom stereocenters. The van der Waals surface area contributed by atoms with E-state index in [-0.39, 0.29) is 6.61 Å². The lowest BCUT2D eigenvalue weighted by Crippen LogP contribution is -2.11. The molecule has 0 aromatic heterocycles. The zero-order valence-electron chi connectivity index (χ0n) is 7.01. The molecule has 1 aliphatic heterocycles. The summed E-state index contributed by atoms with van der Waals surface area (Å²) in [4.78, 5) is 0. The van der Waals surface area contributed by atoms with Crippen LogP contribution in [0.1, 0.15) is 17.5 Å². The van der Waals surface area contributed by atoms with Crippen LogP contribution in [-0.4, -0.2) is 11.7 Å². The summed E-state index contributed by atoms with van der Waals surface area (Å²) in [6, 6.07) is 6.13. The Kier molecular flexibility index (Phi) is 2.00. The van der Waals surface area contributed by atoms with Gasteiger partial charge in [0, 0.05) is 12.2 Å². The Morgan fingerprint density at radius 3 is 3.17 bits per heavy atom. The molecule has 0 amide bonds. The minimum Gasteiger partial charge on any atom is -0.392 e. The van der Waals surface area contributed by atoms with E-state index in [1.807, 2.05) is 12.1 Å². The zero-order valence-corrected chi connectivity index (χ0v) is 7.01. The quantitative estimate of drug-likeness (QED) is 0.658. The largest absolute Gasteiger partial charge is 0.392 e. The van der Waals surface area contributed by atoms with Gasteiger partial charge in [-0.1, -0.05) is 12.1 Å². The topological polar surface area (TPSA) is 32.3 Å². The first-order valence-corrected chi connectivity index (χ1v) is 4.36. The fourth-order valence-electron chi connectivity index (χ4n) is 1.61. The number of aryl methyl sites for hydroxylation is 1. The molecule has 0 radical (unpaired) electrons. The third-order valence-corrected chi connectivity index (χ3v) is 2.30. The van der Waals surface area contributed by atoms with Gasteiger partial charge in [0.05, 0.1) is 6.61 Å². The van der Waals surface area contributed by atoms with Gasteiger partial charge in [0.2, 0.25) is 0 Å². The van der Waals surface area contributed by atoms with E-state index in [4.69, 9.17) is 5.11 Å². The zero-order chi connectivity index (χ0) is 8.39. The molecule has 2 nitrogen and oxygen atoms in total. The summed E-state index contributed by atoms with van der Waals surface area (Å²) >= 11 is 0. The number of anilines is 1. The molecule has 0 saturated heterocycles. The van der Waals surface area contributed by atoms with Gasteiger partial charge >= 0.3 is 0 Å². The number of nitrogens with one attached hydrogen (secondary N) is 1. The smallest absolute Gasteiger partial charge is 0.0682 e. The number of hydrogen-bond acceptors (Lipinski definition) is 2. The van der Waals surface area contributed by atoms with E-state index in [0.29, 0.717) is 0 Å². The summed E-state index contributed by atoms with van der Waals surface area (Å²) in [6.07, 6.45) is 2.37. The molecule has 1 heterocycles. The second-order valence-electron chi connectivity index (χ2n) is 3.18. The fourth-order valence-corrected chi connectivity index (χ4v) is 1.61. The molecule has 0 aliphatic carbocycles. The number of benzene rings is 1. The first-order chi connectivity index (χ1) is 5.90. The first kappa shape index (κ1) is 7.62. The van der Waals surface area contributed by atoms with Crippen molar-refractivity contribution >= 4 is 5.69 Å². The molecule has 1 aromatic rings. The normalized spacial score (nSPS) is 15.1. The summed E-state index contributed by atoms with van der Waals surface area (Å²) in [6.45, 7) is 1.19. The maximum absolute atomic E-state index is 8.91. The highest BCUT2D eigenvalue weighted by Crippen LogP contribution is 2.22. The van der Waals surface area contributed by atoms with Gasteiger partial charge in [-0.15, -0.1) is 0 Å². The summed E-state index contributed by atoms with van der Waals surface area (Å²) < 4.78 is 0. The summed E-state index contributed by atoms with van der Waals surface area (Å²) in [5.74, 6) is 0. The molecule has 2 heteroatoms. The van der Waals surface area contributed by atoms with Crippen molar-refractivity contribution in [1.82, 2.24) is 0 Å². The lowest BCUT2D eigenvalue weighted by Gasteiger charge is -2.18. The van der Waals surface area contributed by atoms with Crippen LogP contribution in [0.5, 0.6) is 0 Å². The SMILES string of the molecule is OCc1ccc2c(c1)NCCC2. The van der Waals surface area contributed by atoms with Crippen molar-refractivity contribution in [2.24, 2.45) is 0 Å². The van der Waals surface area contributed by atoms with Crippen LogP contribution in [0.3, 0.4) is 0 Å². The van der Waals surface area contributed by atoms with Crippen molar-refractivity contribution in [3.8, 4) is 0 Å². The Morgan fingerprint density at radius 1 is 1.42 bits per heavy atom. The third kappa shape index (κ3) is 1.30. The Labute approximate surface area is 72.2 Å². The molecule has 2 N–H and O–H groups in total. The number of fused-ring (bicyclic) bond motifs is 1. The maximum atomic E-state index is 8.91. The maximum Gasteiger partial charge on any atom is 0.0682 e. The molecule has 0 atom stereocenters. The lowest BCUT2D eigenvalue weighted by atomic mass is 10.0. The van der Waals surface area contributed by atoms with Crippen LogP contribution in [0.15, 0.2) is 18.2 Å². The van der Waals surface area contributed by atoms with E-state index in [2.05, 4.69) is 11.4 Å². The number of hydrogen-bond donors (Lipinski definition) is 2. The molecule has 2 rings (SSSR count). The molecule has 64 valence electrons. The Hall–Kier alpha value is -1.02. The van der Waals surface area contributed by atoms with Gasteiger partial charge in [0.25, 0.3) is 0 Å². The van der Waals surface area contributed by atoms with Crippen molar-refractivity contribution < 1.29 is 5.11 Å². The van der Waals surface area contributed by atoms with Crippen LogP contribution >= 0.6 is 0 Å². The van der Waals surface area contributed by atoms with Gasteiger partial charge in [0.15, 0.2) is 0 Å². The van der Waals surface area contributed by atoms with E-state index in [1.54, 1.807) is 0 Å². The third-order valence-electron chi connectivity index (χ3n) is 2.30. The van der Waals surface area contributed by atoms with E-state index >= 15 is 0 Å². The number of aliphatic hydroxyl groups excluding tert-OH is 1. The van der Waals surface area contributed by atoms with E-state index in [1.165, 1.54) is 17.7 Å². The van der Waals surface area contributed by atoms with Crippen LogP contribution < -0.4 is 5.32 Å². The first-order valence-electron chi connectivity index (χ1n) is 4.36. The van der Waals surface area contributed by atoms with Crippen molar-refractivity contribution in [3.63, 3.8) is 0 Å². The molecule has 12 heavy (non-hydrogen) atoms. The molecule has 1 aliphatic rings. The van der Waals surface area contributed by atoms with Crippen LogP contribution in [0.25, 0.3) is 0 Å². The standard InChI is InChI=1S/C10H13NO/c12-7-8-3-4-9-2-1-5-11-10(9)6-8/h3-4,6,11-12H,1-2,5,7H2. The highest BCUT2D eigenvalue weighted by molar-refractivity contribution is 5.54. The van der Waals surface area contributed by atoms with Gasteiger partial charge in [-0.2, -0.15) is 0 Å². The summed E-state index contributed by atoms with van der Waals surface area (Å²) in [5.41, 5.74) is 3.56. The minimum absolute atomic E-state index is 0.134. The molecule has 0 saturated carbocycles. The van der Waals surface area contributed by atoms with E-state index in [0.717, 1.165) is 18.5 Å². The molecular formula is C10H13NO. The Balaban J connectivity index is 2.36. The predicted molar refractivity (Wildman–Crippen MR) is 49.2 cm³/mol. The minimum atomic E-state index is 0.134. The van der Waals surface area contributed by atoms with E-state index < -0.39 is 0 Å². The van der Waals surface area contributed by atoms with Gasteiger partial charge in [-0.3, -0.25) is 0 Å². The Morgan fingerprint density at radius 2 is 2.33 bits per heavy atom. The van der Waals surface area contributed by atoms with Crippen molar-refractivity contribution in [2.45, 2.75) is 19.4 Å². The number of aliphatic hydroxyl groups is 1. The van der Waals surface area contributed by atoms with Gasteiger partial charge < -0.3 is 10.4 Å². The van der Waals surface area contributed by atoms with Crippen LogP contribution in [0.4, 0.5) is 5.69 Å². The number of rotatable bonds is 1. The molecule has 1 aromatic carbocycles. The van der Waals surface area contributed by atoms with Crippen molar-refractivity contribution in [3.05, 3.63) is 29.3 Å². The van der Waals surface area contributed by atoms with Crippen LogP contribution in [0, 0.1) is 0 Å². The van der Waals surface area contributed by atoms with Gasteiger partial charge in [-0.25, -0.2) is 0 Å². The highest BCUT2D eigenvalue weighted by atomic mass is 16.3. The van der Waals surface area contributed by atoms with Crippen molar-refractivity contribution in [1.29, 1.82) is 0 Å². The molecular weight excluding hydrogens is 150 g/mol.